The molecule has 19 heavy (non-hydrogen) atoms. The van der Waals surface area contributed by atoms with Crippen LogP contribution in [0.1, 0.15) is 38.3 Å². The fraction of sp³-hybridized carbons (Fsp3) is 0.438. The Balaban J connectivity index is 2.37. The number of nitrogens with zero attached hydrogens (tertiary/aromatic N) is 1. The van der Waals surface area contributed by atoms with Crippen molar-refractivity contribution in [1.29, 1.82) is 0 Å². The molecule has 0 unspecified atom stereocenters. The van der Waals surface area contributed by atoms with E-state index in [-0.39, 0.29) is 23.6 Å². The fourth-order valence-corrected chi connectivity index (χ4v) is 2.84. The Hall–Kier alpha value is -1.61. The summed E-state index contributed by atoms with van der Waals surface area (Å²) in [5, 5.41) is 10.7. The second kappa shape index (κ2) is 4.20. The summed E-state index contributed by atoms with van der Waals surface area (Å²) >= 11 is 0. The van der Waals surface area contributed by atoms with Crippen LogP contribution in [0.25, 0.3) is 10.9 Å². The normalized spacial score (nSPS) is 17.1. The first-order chi connectivity index (χ1) is 9.09. The molecule has 1 saturated carbocycles. The molecule has 0 radical (unpaired) electrons. The number of fused-ring (bicyclic) bond motifs is 1. The van der Waals surface area contributed by atoms with Crippen LogP contribution in [0.4, 0.5) is 0 Å². The van der Waals surface area contributed by atoms with Gasteiger partial charge in [0.2, 0.25) is 0 Å². The van der Waals surface area contributed by atoms with E-state index in [4.69, 9.17) is 0 Å². The van der Waals surface area contributed by atoms with Crippen LogP contribution in [-0.2, 0) is 5.41 Å². The Morgan fingerprint density at radius 2 is 2.00 bits per heavy atom. The third kappa shape index (κ3) is 1.80. The van der Waals surface area contributed by atoms with Crippen molar-refractivity contribution < 1.29 is 5.11 Å². The van der Waals surface area contributed by atoms with E-state index in [1.165, 1.54) is 0 Å². The van der Waals surface area contributed by atoms with Crippen LogP contribution < -0.4 is 5.56 Å². The fourth-order valence-electron chi connectivity index (χ4n) is 2.84. The summed E-state index contributed by atoms with van der Waals surface area (Å²) < 4.78 is 1.85. The van der Waals surface area contributed by atoms with Gasteiger partial charge in [-0.15, -0.1) is 0 Å². The van der Waals surface area contributed by atoms with Crippen LogP contribution in [0, 0.1) is 0 Å². The zero-order chi connectivity index (χ0) is 13.6. The van der Waals surface area contributed by atoms with E-state index >= 15 is 0 Å². The van der Waals surface area contributed by atoms with E-state index in [0.717, 1.165) is 29.3 Å². The van der Waals surface area contributed by atoms with E-state index < -0.39 is 0 Å². The molecule has 0 amide bonds. The van der Waals surface area contributed by atoms with Gasteiger partial charge in [0.15, 0.2) is 0 Å². The van der Waals surface area contributed by atoms with Crippen LogP contribution >= 0.6 is 0 Å². The van der Waals surface area contributed by atoms with Crippen molar-refractivity contribution in [3.05, 3.63) is 46.2 Å². The summed E-state index contributed by atoms with van der Waals surface area (Å²) in [6.07, 6.45) is 1.82. The van der Waals surface area contributed by atoms with Gasteiger partial charge in [-0.2, -0.15) is 0 Å². The van der Waals surface area contributed by atoms with Gasteiger partial charge in [0, 0.05) is 17.0 Å². The molecule has 1 aromatic heterocycles. The number of para-hydroxylation sites is 1. The van der Waals surface area contributed by atoms with Gasteiger partial charge in [-0.3, -0.25) is 4.79 Å². The van der Waals surface area contributed by atoms with Gasteiger partial charge in [0.05, 0.1) is 12.1 Å². The summed E-state index contributed by atoms with van der Waals surface area (Å²) in [7, 11) is 0. The number of aliphatic hydroxyl groups is 1. The van der Waals surface area contributed by atoms with E-state index in [1.54, 1.807) is 0 Å². The van der Waals surface area contributed by atoms with Crippen molar-refractivity contribution in [3.8, 4) is 0 Å². The highest BCUT2D eigenvalue weighted by Crippen LogP contribution is 2.46. The Bertz CT molecular complexity index is 681. The highest BCUT2D eigenvalue weighted by Gasteiger charge is 2.46. The van der Waals surface area contributed by atoms with Gasteiger partial charge in [-0.1, -0.05) is 18.2 Å². The predicted octanol–water partition coefficient (Wildman–Crippen LogP) is 2.61. The third-order valence-corrected chi connectivity index (χ3v) is 4.19. The topological polar surface area (TPSA) is 42.2 Å². The Kier molecular flexibility index (Phi) is 2.75. The number of aromatic nitrogens is 1. The first-order valence-corrected chi connectivity index (χ1v) is 6.85. The molecule has 0 spiro atoms. The molecule has 3 nitrogen and oxygen atoms in total. The molecule has 0 aliphatic heterocycles. The number of aliphatic hydroxyl groups excluding tert-OH is 1. The minimum Gasteiger partial charge on any atom is -0.395 e. The van der Waals surface area contributed by atoms with E-state index in [1.807, 2.05) is 48.7 Å². The molecular formula is C16H19NO2. The van der Waals surface area contributed by atoms with Crippen LogP contribution in [0.15, 0.2) is 35.1 Å². The second-order valence-electron chi connectivity index (χ2n) is 5.82. The SMILES string of the molecule is CC(C)n1c(=O)c(C2(CO)CC2)cc2ccccc21. The summed E-state index contributed by atoms with van der Waals surface area (Å²) in [5.41, 5.74) is 1.53. The highest BCUT2D eigenvalue weighted by molar-refractivity contribution is 5.80. The average Bonchev–Trinajstić information content (AvgIpc) is 3.18. The minimum absolute atomic E-state index is 0.0558. The molecule has 1 aromatic carbocycles. The zero-order valence-electron chi connectivity index (χ0n) is 11.4. The molecule has 1 N–H and O–H groups in total. The monoisotopic (exact) mass is 257 g/mol. The van der Waals surface area contributed by atoms with Gasteiger partial charge in [0.25, 0.3) is 5.56 Å². The second-order valence-corrected chi connectivity index (χ2v) is 5.82. The van der Waals surface area contributed by atoms with Gasteiger partial charge in [-0.25, -0.2) is 0 Å². The smallest absolute Gasteiger partial charge is 0.255 e. The predicted molar refractivity (Wildman–Crippen MR) is 76.6 cm³/mol. The average molecular weight is 257 g/mol. The van der Waals surface area contributed by atoms with Crippen molar-refractivity contribution in [3.63, 3.8) is 0 Å². The third-order valence-electron chi connectivity index (χ3n) is 4.19. The molecule has 1 aliphatic carbocycles. The largest absolute Gasteiger partial charge is 0.395 e. The Morgan fingerprint density at radius 1 is 1.32 bits per heavy atom. The first-order valence-electron chi connectivity index (χ1n) is 6.85. The maximum atomic E-state index is 12.7. The summed E-state index contributed by atoms with van der Waals surface area (Å²) in [4.78, 5) is 12.7. The lowest BCUT2D eigenvalue weighted by Gasteiger charge is -2.19. The molecule has 100 valence electrons. The molecule has 1 heterocycles. The van der Waals surface area contributed by atoms with Gasteiger partial charge < -0.3 is 9.67 Å². The van der Waals surface area contributed by atoms with Crippen LogP contribution in [0.3, 0.4) is 0 Å². The van der Waals surface area contributed by atoms with E-state index in [2.05, 4.69) is 0 Å². The standard InChI is InChI=1S/C16H19NO2/c1-11(2)17-14-6-4-3-5-12(14)9-13(15(17)19)16(10-18)7-8-16/h3-6,9,11,18H,7-8,10H2,1-2H3. The summed E-state index contributed by atoms with van der Waals surface area (Å²) in [6, 6.07) is 10.1. The quantitative estimate of drug-likeness (QED) is 0.918. The molecule has 0 bridgehead atoms. The lowest BCUT2D eigenvalue weighted by atomic mass is 9.96. The molecule has 2 aromatic rings. The molecule has 0 saturated heterocycles. The van der Waals surface area contributed by atoms with Crippen LogP contribution in [-0.4, -0.2) is 16.3 Å². The van der Waals surface area contributed by atoms with Gasteiger partial charge in [-0.05, 0) is 44.2 Å². The van der Waals surface area contributed by atoms with Crippen molar-refractivity contribution in [2.45, 2.75) is 38.1 Å². The van der Waals surface area contributed by atoms with E-state index in [0.29, 0.717) is 0 Å². The first kappa shape index (κ1) is 12.4. The number of hydrogen-bond donors (Lipinski definition) is 1. The number of hydrogen-bond acceptors (Lipinski definition) is 2. The number of benzene rings is 1. The lowest BCUT2D eigenvalue weighted by molar-refractivity contribution is 0.253. The highest BCUT2D eigenvalue weighted by atomic mass is 16.3. The molecular weight excluding hydrogens is 238 g/mol. The maximum Gasteiger partial charge on any atom is 0.255 e. The Morgan fingerprint density at radius 3 is 2.58 bits per heavy atom. The van der Waals surface area contributed by atoms with Crippen molar-refractivity contribution in [2.24, 2.45) is 0 Å². The minimum atomic E-state index is -0.280. The lowest BCUT2D eigenvalue weighted by Crippen LogP contribution is -2.31. The maximum absolute atomic E-state index is 12.7. The molecule has 0 atom stereocenters. The molecule has 1 aliphatic rings. The van der Waals surface area contributed by atoms with Gasteiger partial charge >= 0.3 is 0 Å². The summed E-state index contributed by atoms with van der Waals surface area (Å²) in [5.74, 6) is 0. The Labute approximate surface area is 112 Å². The van der Waals surface area contributed by atoms with Crippen molar-refractivity contribution in [2.75, 3.05) is 6.61 Å². The van der Waals surface area contributed by atoms with Crippen LogP contribution in [0.5, 0.6) is 0 Å². The van der Waals surface area contributed by atoms with Crippen molar-refractivity contribution in [1.82, 2.24) is 4.57 Å². The molecule has 1 fully saturated rings. The van der Waals surface area contributed by atoms with Crippen molar-refractivity contribution >= 4 is 10.9 Å². The van der Waals surface area contributed by atoms with E-state index in [9.17, 15) is 9.90 Å². The number of rotatable bonds is 3. The summed E-state index contributed by atoms with van der Waals surface area (Å²) in [6.45, 7) is 4.12. The molecule has 3 rings (SSSR count). The molecule has 3 heteroatoms. The van der Waals surface area contributed by atoms with Crippen LogP contribution in [0.2, 0.25) is 0 Å². The number of pyridine rings is 1. The van der Waals surface area contributed by atoms with Gasteiger partial charge in [0.1, 0.15) is 0 Å². The zero-order valence-corrected chi connectivity index (χ0v) is 11.4.